The maximum atomic E-state index is 11.7. The molecular weight excluding hydrogens is 246 g/mol. The summed E-state index contributed by atoms with van der Waals surface area (Å²) in [6, 6.07) is 3.45. The lowest BCUT2D eigenvalue weighted by Crippen LogP contribution is -2.26. The van der Waals surface area contributed by atoms with E-state index in [0.29, 0.717) is 18.8 Å². The zero-order valence-electron chi connectivity index (χ0n) is 11.6. The van der Waals surface area contributed by atoms with Crippen LogP contribution in [0.2, 0.25) is 0 Å². The summed E-state index contributed by atoms with van der Waals surface area (Å²) in [5.41, 5.74) is 0.442. The molecule has 106 valence electrons. The van der Waals surface area contributed by atoms with E-state index in [1.807, 2.05) is 0 Å². The van der Waals surface area contributed by atoms with Crippen LogP contribution in [0.1, 0.15) is 25.3 Å². The number of nitrogens with zero attached hydrogens (tertiary/aromatic N) is 1. The van der Waals surface area contributed by atoms with E-state index in [9.17, 15) is 9.59 Å². The first kappa shape index (κ1) is 15.4. The highest BCUT2D eigenvalue weighted by Crippen LogP contribution is 1.92. The van der Waals surface area contributed by atoms with Gasteiger partial charge >= 0.3 is 5.97 Å². The Kier molecular flexibility index (Phi) is 6.89. The molecule has 0 aromatic carbocycles. The first-order valence-electron chi connectivity index (χ1n) is 6.54. The maximum absolute atomic E-state index is 11.7. The zero-order valence-corrected chi connectivity index (χ0v) is 11.6. The molecule has 19 heavy (non-hydrogen) atoms. The van der Waals surface area contributed by atoms with Crippen LogP contribution in [0.4, 0.5) is 0 Å². The van der Waals surface area contributed by atoms with Gasteiger partial charge in [-0.05, 0) is 19.4 Å². The average molecular weight is 267 g/mol. The second-order valence-corrected chi connectivity index (χ2v) is 4.31. The molecule has 5 heteroatoms. The SMILES string of the molecule is CCCCOCCOC(=O)Cn1cccc(C)c1=O. The third-order valence-electron chi connectivity index (χ3n) is 2.64. The van der Waals surface area contributed by atoms with Crippen LogP contribution in [0, 0.1) is 6.92 Å². The first-order valence-corrected chi connectivity index (χ1v) is 6.54. The topological polar surface area (TPSA) is 57.5 Å². The molecule has 0 spiro atoms. The Hall–Kier alpha value is -1.62. The monoisotopic (exact) mass is 267 g/mol. The van der Waals surface area contributed by atoms with Crippen molar-refractivity contribution in [1.29, 1.82) is 0 Å². The van der Waals surface area contributed by atoms with Gasteiger partial charge in [-0.25, -0.2) is 0 Å². The van der Waals surface area contributed by atoms with E-state index < -0.39 is 5.97 Å². The molecule has 0 saturated carbocycles. The molecule has 0 atom stereocenters. The fraction of sp³-hybridized carbons (Fsp3) is 0.571. The van der Waals surface area contributed by atoms with Crippen LogP contribution in [0.5, 0.6) is 0 Å². The molecule has 0 aliphatic heterocycles. The first-order chi connectivity index (χ1) is 9.15. The number of pyridine rings is 1. The van der Waals surface area contributed by atoms with E-state index in [0.717, 1.165) is 12.8 Å². The highest BCUT2D eigenvalue weighted by molar-refractivity contribution is 5.69. The quantitative estimate of drug-likeness (QED) is 0.529. The Bertz CT molecular complexity index is 453. The third-order valence-corrected chi connectivity index (χ3v) is 2.64. The summed E-state index contributed by atoms with van der Waals surface area (Å²) in [5, 5.41) is 0. The van der Waals surface area contributed by atoms with E-state index in [-0.39, 0.29) is 18.7 Å². The minimum atomic E-state index is -0.424. The Morgan fingerprint density at radius 3 is 2.84 bits per heavy atom. The summed E-state index contributed by atoms with van der Waals surface area (Å²) in [5.74, 6) is -0.424. The minimum absolute atomic E-state index is 0.0600. The van der Waals surface area contributed by atoms with Crippen LogP contribution < -0.4 is 5.56 Å². The molecule has 0 unspecified atom stereocenters. The Labute approximate surface area is 113 Å². The van der Waals surface area contributed by atoms with E-state index in [1.165, 1.54) is 4.57 Å². The molecule has 1 rings (SSSR count). The van der Waals surface area contributed by atoms with Crippen LogP contribution >= 0.6 is 0 Å². The van der Waals surface area contributed by atoms with Gasteiger partial charge in [-0.15, -0.1) is 0 Å². The van der Waals surface area contributed by atoms with Gasteiger partial charge in [0.1, 0.15) is 13.2 Å². The number of aromatic nitrogens is 1. The van der Waals surface area contributed by atoms with Crippen molar-refractivity contribution in [3.8, 4) is 0 Å². The predicted octanol–water partition coefficient (Wildman–Crippen LogP) is 1.52. The molecule has 1 aromatic heterocycles. The van der Waals surface area contributed by atoms with Crippen LogP contribution in [0.25, 0.3) is 0 Å². The predicted molar refractivity (Wildman–Crippen MR) is 72.1 cm³/mol. The van der Waals surface area contributed by atoms with Crippen molar-refractivity contribution in [1.82, 2.24) is 4.57 Å². The molecule has 0 aliphatic rings. The van der Waals surface area contributed by atoms with Gasteiger partial charge in [0, 0.05) is 18.4 Å². The molecule has 0 N–H and O–H groups in total. The molecular formula is C14H21NO4. The van der Waals surface area contributed by atoms with Crippen molar-refractivity contribution in [2.45, 2.75) is 33.2 Å². The lowest BCUT2D eigenvalue weighted by Gasteiger charge is -2.07. The number of carbonyl (C=O) groups excluding carboxylic acids is 1. The van der Waals surface area contributed by atoms with Crippen LogP contribution in [-0.2, 0) is 20.8 Å². The van der Waals surface area contributed by atoms with Crippen molar-refractivity contribution in [3.05, 3.63) is 34.2 Å². The molecule has 1 aromatic rings. The number of aryl methyl sites for hydroxylation is 1. The van der Waals surface area contributed by atoms with Gasteiger partial charge in [0.2, 0.25) is 0 Å². The maximum Gasteiger partial charge on any atom is 0.326 e. The standard InChI is InChI=1S/C14H21NO4/c1-3-4-8-18-9-10-19-13(16)11-15-7-5-6-12(2)14(15)17/h5-7H,3-4,8-11H2,1-2H3. The minimum Gasteiger partial charge on any atom is -0.462 e. The highest BCUT2D eigenvalue weighted by atomic mass is 16.6. The van der Waals surface area contributed by atoms with Crippen molar-refractivity contribution in [3.63, 3.8) is 0 Å². The van der Waals surface area contributed by atoms with E-state index >= 15 is 0 Å². The summed E-state index contributed by atoms with van der Waals surface area (Å²) in [6.07, 6.45) is 3.66. The Balaban J connectivity index is 2.28. The smallest absolute Gasteiger partial charge is 0.326 e. The average Bonchev–Trinajstić information content (AvgIpc) is 2.39. The van der Waals surface area contributed by atoms with Crippen LogP contribution in [-0.4, -0.2) is 30.4 Å². The molecule has 5 nitrogen and oxygen atoms in total. The number of esters is 1. The van der Waals surface area contributed by atoms with Gasteiger partial charge in [-0.3, -0.25) is 9.59 Å². The summed E-state index contributed by atoms with van der Waals surface area (Å²) in [7, 11) is 0. The fourth-order valence-corrected chi connectivity index (χ4v) is 1.53. The van der Waals surface area contributed by atoms with Crippen LogP contribution in [0.15, 0.2) is 23.1 Å². The molecule has 0 amide bonds. The second kappa shape index (κ2) is 8.48. The van der Waals surface area contributed by atoms with E-state index in [2.05, 4.69) is 6.92 Å². The molecule has 1 heterocycles. The zero-order chi connectivity index (χ0) is 14.1. The van der Waals surface area contributed by atoms with Crippen LogP contribution in [0.3, 0.4) is 0 Å². The van der Waals surface area contributed by atoms with Crippen molar-refractivity contribution >= 4 is 5.97 Å². The second-order valence-electron chi connectivity index (χ2n) is 4.31. The van der Waals surface area contributed by atoms with Gasteiger partial charge in [0.15, 0.2) is 0 Å². The van der Waals surface area contributed by atoms with Gasteiger partial charge in [-0.2, -0.15) is 0 Å². The van der Waals surface area contributed by atoms with Gasteiger partial charge in [0.25, 0.3) is 5.56 Å². The molecule has 0 saturated heterocycles. The molecule has 0 aliphatic carbocycles. The van der Waals surface area contributed by atoms with Gasteiger partial charge in [0.05, 0.1) is 6.61 Å². The number of hydrogen-bond donors (Lipinski definition) is 0. The van der Waals surface area contributed by atoms with Crippen molar-refractivity contribution < 1.29 is 14.3 Å². The highest BCUT2D eigenvalue weighted by Gasteiger charge is 2.06. The number of rotatable bonds is 8. The van der Waals surface area contributed by atoms with Crippen molar-refractivity contribution in [2.24, 2.45) is 0 Å². The molecule has 0 radical (unpaired) electrons. The summed E-state index contributed by atoms with van der Waals surface area (Å²) < 4.78 is 11.6. The number of unbranched alkanes of at least 4 members (excludes halogenated alkanes) is 1. The Morgan fingerprint density at radius 2 is 2.11 bits per heavy atom. The van der Waals surface area contributed by atoms with Crippen molar-refractivity contribution in [2.75, 3.05) is 19.8 Å². The molecule has 0 bridgehead atoms. The third kappa shape index (κ3) is 5.70. The van der Waals surface area contributed by atoms with Gasteiger partial charge in [-0.1, -0.05) is 19.4 Å². The largest absolute Gasteiger partial charge is 0.462 e. The van der Waals surface area contributed by atoms with E-state index in [4.69, 9.17) is 9.47 Å². The van der Waals surface area contributed by atoms with E-state index in [1.54, 1.807) is 25.3 Å². The number of hydrogen-bond acceptors (Lipinski definition) is 4. The lowest BCUT2D eigenvalue weighted by molar-refractivity contribution is -0.146. The summed E-state index contributed by atoms with van der Waals surface area (Å²) in [6.45, 7) is 5.05. The fourth-order valence-electron chi connectivity index (χ4n) is 1.53. The summed E-state index contributed by atoms with van der Waals surface area (Å²) in [4.78, 5) is 23.2. The Morgan fingerprint density at radius 1 is 1.32 bits per heavy atom. The number of ether oxygens (including phenoxy) is 2. The lowest BCUT2D eigenvalue weighted by atomic mass is 10.3. The normalized spacial score (nSPS) is 10.4. The number of carbonyl (C=O) groups is 1. The summed E-state index contributed by atoms with van der Waals surface area (Å²) >= 11 is 0. The molecule has 0 fully saturated rings. The van der Waals surface area contributed by atoms with Gasteiger partial charge < -0.3 is 14.0 Å².